The monoisotopic (exact) mass is 253 g/mol. The number of carboxylic acids is 1. The number of amides is 1. The van der Waals surface area contributed by atoms with Gasteiger partial charge in [0, 0.05) is 6.42 Å². The SMILES string of the molecule is CC1(C)CCC(CC(=O)NC2(C(=O)O)CC2)CC1. The predicted octanol–water partition coefficient (Wildman–Crippen LogP) is 2.33. The first-order valence-electron chi connectivity index (χ1n) is 6.87. The third-order valence-electron chi connectivity index (χ3n) is 4.47. The minimum atomic E-state index is -0.926. The summed E-state index contributed by atoms with van der Waals surface area (Å²) in [6.07, 6.45) is 6.13. The van der Waals surface area contributed by atoms with Gasteiger partial charge in [0.05, 0.1) is 0 Å². The number of carbonyl (C=O) groups is 2. The van der Waals surface area contributed by atoms with Crippen molar-refractivity contribution < 1.29 is 14.7 Å². The predicted molar refractivity (Wildman–Crippen MR) is 68.1 cm³/mol. The number of carbonyl (C=O) groups excluding carboxylic acids is 1. The van der Waals surface area contributed by atoms with Crippen molar-refractivity contribution in [1.29, 1.82) is 0 Å². The lowest BCUT2D eigenvalue weighted by atomic mass is 9.72. The van der Waals surface area contributed by atoms with Gasteiger partial charge in [-0.25, -0.2) is 4.79 Å². The molecule has 1 amide bonds. The van der Waals surface area contributed by atoms with E-state index in [9.17, 15) is 9.59 Å². The Morgan fingerprint density at radius 3 is 2.17 bits per heavy atom. The zero-order valence-electron chi connectivity index (χ0n) is 11.3. The van der Waals surface area contributed by atoms with Crippen molar-refractivity contribution in [3.63, 3.8) is 0 Å². The topological polar surface area (TPSA) is 66.4 Å². The maximum atomic E-state index is 11.9. The van der Waals surface area contributed by atoms with Crippen LogP contribution >= 0.6 is 0 Å². The van der Waals surface area contributed by atoms with Crippen LogP contribution in [0.2, 0.25) is 0 Å². The Morgan fingerprint density at radius 1 is 1.17 bits per heavy atom. The molecule has 4 heteroatoms. The minimum Gasteiger partial charge on any atom is -0.480 e. The van der Waals surface area contributed by atoms with E-state index in [-0.39, 0.29) is 5.91 Å². The van der Waals surface area contributed by atoms with Crippen LogP contribution in [0.5, 0.6) is 0 Å². The Kier molecular flexibility index (Phi) is 3.39. The molecule has 2 aliphatic carbocycles. The van der Waals surface area contributed by atoms with Crippen LogP contribution in [0.1, 0.15) is 58.8 Å². The van der Waals surface area contributed by atoms with Crippen LogP contribution in [-0.4, -0.2) is 22.5 Å². The average molecular weight is 253 g/mol. The summed E-state index contributed by atoms with van der Waals surface area (Å²) in [5.41, 5.74) is -0.517. The van der Waals surface area contributed by atoms with E-state index in [4.69, 9.17) is 5.11 Å². The molecule has 0 bridgehead atoms. The van der Waals surface area contributed by atoms with Crippen LogP contribution in [0.3, 0.4) is 0 Å². The lowest BCUT2D eigenvalue weighted by molar-refractivity contribution is -0.143. The lowest BCUT2D eigenvalue weighted by Crippen LogP contribution is -2.43. The fraction of sp³-hybridized carbons (Fsp3) is 0.857. The Hall–Kier alpha value is -1.06. The second kappa shape index (κ2) is 4.56. The van der Waals surface area contributed by atoms with E-state index in [2.05, 4.69) is 19.2 Å². The van der Waals surface area contributed by atoms with Crippen molar-refractivity contribution in [3.8, 4) is 0 Å². The first kappa shape index (κ1) is 13.4. The van der Waals surface area contributed by atoms with Crippen molar-refractivity contribution >= 4 is 11.9 Å². The van der Waals surface area contributed by atoms with Crippen LogP contribution in [0.25, 0.3) is 0 Å². The number of hydrogen-bond acceptors (Lipinski definition) is 2. The van der Waals surface area contributed by atoms with Crippen molar-refractivity contribution in [2.24, 2.45) is 11.3 Å². The zero-order valence-corrected chi connectivity index (χ0v) is 11.3. The molecule has 4 nitrogen and oxygen atoms in total. The summed E-state index contributed by atoms with van der Waals surface area (Å²) in [5, 5.41) is 11.7. The smallest absolute Gasteiger partial charge is 0.329 e. The Balaban J connectivity index is 1.77. The number of aliphatic carboxylic acids is 1. The Labute approximate surface area is 108 Å². The fourth-order valence-corrected chi connectivity index (χ4v) is 2.76. The molecule has 2 fully saturated rings. The summed E-state index contributed by atoms with van der Waals surface area (Å²) < 4.78 is 0. The number of rotatable bonds is 4. The third-order valence-corrected chi connectivity index (χ3v) is 4.47. The molecule has 2 rings (SSSR count). The van der Waals surface area contributed by atoms with Crippen molar-refractivity contribution in [2.45, 2.75) is 64.3 Å². The number of hydrogen-bond donors (Lipinski definition) is 2. The Morgan fingerprint density at radius 2 is 1.72 bits per heavy atom. The van der Waals surface area contributed by atoms with E-state index >= 15 is 0 Å². The van der Waals surface area contributed by atoms with Gasteiger partial charge in [-0.3, -0.25) is 4.79 Å². The quantitative estimate of drug-likeness (QED) is 0.808. The highest BCUT2D eigenvalue weighted by atomic mass is 16.4. The van der Waals surface area contributed by atoms with Gasteiger partial charge in [0.2, 0.25) is 5.91 Å². The normalized spacial score (nSPS) is 25.4. The highest BCUT2D eigenvalue weighted by molar-refractivity contribution is 5.89. The van der Waals surface area contributed by atoms with Gasteiger partial charge in [-0.15, -0.1) is 0 Å². The van der Waals surface area contributed by atoms with Crippen molar-refractivity contribution in [3.05, 3.63) is 0 Å². The average Bonchev–Trinajstić information content (AvgIpc) is 3.02. The van der Waals surface area contributed by atoms with E-state index in [0.717, 1.165) is 25.7 Å². The van der Waals surface area contributed by atoms with Gasteiger partial charge in [-0.2, -0.15) is 0 Å². The fourth-order valence-electron chi connectivity index (χ4n) is 2.76. The van der Waals surface area contributed by atoms with E-state index in [1.807, 2.05) is 0 Å². The van der Waals surface area contributed by atoms with Gasteiger partial charge in [-0.1, -0.05) is 13.8 Å². The van der Waals surface area contributed by atoms with Gasteiger partial charge >= 0.3 is 5.97 Å². The van der Waals surface area contributed by atoms with Gasteiger partial charge in [0.1, 0.15) is 5.54 Å². The molecule has 0 saturated heterocycles. The minimum absolute atomic E-state index is 0.0837. The third kappa shape index (κ3) is 3.03. The van der Waals surface area contributed by atoms with Gasteiger partial charge in [0.25, 0.3) is 0 Å². The largest absolute Gasteiger partial charge is 0.480 e. The van der Waals surface area contributed by atoms with Crippen molar-refractivity contribution in [2.75, 3.05) is 0 Å². The maximum absolute atomic E-state index is 11.9. The highest BCUT2D eigenvalue weighted by Gasteiger charge is 2.51. The van der Waals surface area contributed by atoms with E-state index in [1.54, 1.807) is 0 Å². The molecule has 0 aromatic rings. The summed E-state index contributed by atoms with van der Waals surface area (Å²) in [5.74, 6) is -0.539. The highest BCUT2D eigenvalue weighted by Crippen LogP contribution is 2.40. The van der Waals surface area contributed by atoms with Crippen LogP contribution in [-0.2, 0) is 9.59 Å². The first-order chi connectivity index (χ1) is 8.33. The van der Waals surface area contributed by atoms with Gasteiger partial charge < -0.3 is 10.4 Å². The molecule has 102 valence electrons. The zero-order chi connectivity index (χ0) is 13.4. The summed E-state index contributed by atoms with van der Waals surface area (Å²) in [4.78, 5) is 22.8. The Bertz CT molecular complexity index is 348. The summed E-state index contributed by atoms with van der Waals surface area (Å²) in [6, 6.07) is 0. The molecular formula is C14H23NO3. The van der Waals surface area contributed by atoms with Crippen LogP contribution in [0, 0.1) is 11.3 Å². The summed E-state index contributed by atoms with van der Waals surface area (Å²) in [6.45, 7) is 4.54. The van der Waals surface area contributed by atoms with Gasteiger partial charge in [0.15, 0.2) is 0 Å². The van der Waals surface area contributed by atoms with E-state index in [0.29, 0.717) is 30.6 Å². The second-order valence-corrected chi connectivity index (χ2v) is 6.75. The molecule has 0 radical (unpaired) electrons. The van der Waals surface area contributed by atoms with Crippen molar-refractivity contribution in [1.82, 2.24) is 5.32 Å². The second-order valence-electron chi connectivity index (χ2n) is 6.75. The molecule has 2 N–H and O–H groups in total. The first-order valence-corrected chi connectivity index (χ1v) is 6.87. The molecule has 0 aromatic heterocycles. The molecule has 0 unspecified atom stereocenters. The number of carboxylic acid groups (broad SMARTS) is 1. The number of nitrogens with one attached hydrogen (secondary N) is 1. The van der Waals surface area contributed by atoms with E-state index < -0.39 is 11.5 Å². The molecule has 2 aliphatic rings. The summed E-state index contributed by atoms with van der Waals surface area (Å²) >= 11 is 0. The van der Waals surface area contributed by atoms with Crippen LogP contribution < -0.4 is 5.32 Å². The molecule has 2 saturated carbocycles. The van der Waals surface area contributed by atoms with Crippen LogP contribution in [0.15, 0.2) is 0 Å². The molecule has 0 aliphatic heterocycles. The lowest BCUT2D eigenvalue weighted by Gasteiger charge is -2.34. The van der Waals surface area contributed by atoms with E-state index in [1.165, 1.54) is 0 Å². The van der Waals surface area contributed by atoms with Crippen LogP contribution in [0.4, 0.5) is 0 Å². The maximum Gasteiger partial charge on any atom is 0.329 e. The molecule has 18 heavy (non-hydrogen) atoms. The molecule has 0 heterocycles. The molecule has 0 atom stereocenters. The summed E-state index contributed by atoms with van der Waals surface area (Å²) in [7, 11) is 0. The molecule has 0 aromatic carbocycles. The molecule has 0 spiro atoms. The van der Waals surface area contributed by atoms with Gasteiger partial charge in [-0.05, 0) is 49.9 Å². The standard InChI is InChI=1S/C14H23NO3/c1-13(2)5-3-10(4-6-13)9-11(16)15-14(7-8-14)12(17)18/h10H,3-9H2,1-2H3,(H,15,16)(H,17,18). The molecular weight excluding hydrogens is 230 g/mol.